The predicted octanol–water partition coefficient (Wildman–Crippen LogP) is 0.988. The van der Waals surface area contributed by atoms with Gasteiger partial charge in [-0.2, -0.15) is 0 Å². The first-order valence-corrected chi connectivity index (χ1v) is 8.21. The van der Waals surface area contributed by atoms with Gasteiger partial charge in [0.2, 0.25) is 0 Å². The Morgan fingerprint density at radius 1 is 1.22 bits per heavy atom. The van der Waals surface area contributed by atoms with Crippen molar-refractivity contribution < 1.29 is 22.5 Å². The van der Waals surface area contributed by atoms with Crippen molar-refractivity contribution in [3.63, 3.8) is 0 Å². The molecule has 8 nitrogen and oxygen atoms in total. The highest BCUT2D eigenvalue weighted by Gasteiger charge is 2.24. The van der Waals surface area contributed by atoms with E-state index in [-0.39, 0.29) is 23.0 Å². The minimum atomic E-state index is -3.96. The third-order valence-corrected chi connectivity index (χ3v) is 4.44. The number of rotatable bonds is 6. The number of hydrogen-bond donors (Lipinski definition) is 2. The first-order valence-electron chi connectivity index (χ1n) is 6.72. The summed E-state index contributed by atoms with van der Waals surface area (Å²) in [6, 6.07) is 7.12. The largest absolute Gasteiger partial charge is 0.484 e. The molecule has 23 heavy (non-hydrogen) atoms. The number of nitrogens with one attached hydrogen (secondary N) is 2. The van der Waals surface area contributed by atoms with Crippen LogP contribution in [-0.4, -0.2) is 26.1 Å². The molecule has 1 heterocycles. The van der Waals surface area contributed by atoms with Gasteiger partial charge >= 0.3 is 0 Å². The molecule has 2 aromatic rings. The molecule has 1 amide bonds. The molecule has 9 heteroatoms. The van der Waals surface area contributed by atoms with E-state index in [1.165, 1.54) is 13.8 Å². The predicted molar refractivity (Wildman–Crippen MR) is 81.1 cm³/mol. The van der Waals surface area contributed by atoms with Crippen LogP contribution in [0.1, 0.15) is 17.0 Å². The number of nitrogens with zero attached hydrogens (tertiary/aromatic N) is 1. The Hall–Kier alpha value is -2.39. The maximum absolute atomic E-state index is 12.1. The lowest BCUT2D eigenvalue weighted by Gasteiger charge is -2.09. The van der Waals surface area contributed by atoms with Crippen LogP contribution in [0.25, 0.3) is 0 Å². The minimum absolute atomic E-state index is 0.0998. The van der Waals surface area contributed by atoms with Gasteiger partial charge in [0.15, 0.2) is 12.4 Å². The summed E-state index contributed by atoms with van der Waals surface area (Å²) < 4.78 is 34.2. The van der Waals surface area contributed by atoms with E-state index in [0.29, 0.717) is 5.75 Å². The second-order valence-corrected chi connectivity index (χ2v) is 6.53. The highest BCUT2D eigenvalue weighted by molar-refractivity contribution is 7.89. The number of carbonyl (C=O) groups is 1. The average Bonchev–Trinajstić information content (AvgIpc) is 2.84. The van der Waals surface area contributed by atoms with Crippen molar-refractivity contribution in [1.82, 2.24) is 15.4 Å². The third kappa shape index (κ3) is 4.30. The number of hydrogen-bond acceptors (Lipinski definition) is 6. The molecule has 0 bridgehead atoms. The summed E-state index contributed by atoms with van der Waals surface area (Å²) in [6.07, 6.45) is 0. The summed E-state index contributed by atoms with van der Waals surface area (Å²) in [6.45, 7) is 4.57. The zero-order valence-electron chi connectivity index (χ0n) is 12.9. The van der Waals surface area contributed by atoms with Crippen LogP contribution in [0.15, 0.2) is 33.7 Å². The number of amides is 1. The lowest BCUT2D eigenvalue weighted by Crippen LogP contribution is -2.44. The van der Waals surface area contributed by atoms with E-state index in [0.717, 1.165) is 5.56 Å². The molecular formula is C14H17N3O5S. The Morgan fingerprint density at radius 3 is 2.43 bits per heavy atom. The number of carbonyl (C=O) groups excluding carboxylic acids is 1. The number of aryl methyl sites for hydroxylation is 3. The summed E-state index contributed by atoms with van der Waals surface area (Å²) in [4.78, 5) is 13.5. The first kappa shape index (κ1) is 17.0. The highest BCUT2D eigenvalue weighted by atomic mass is 32.2. The van der Waals surface area contributed by atoms with Crippen molar-refractivity contribution in [3.8, 4) is 5.75 Å². The fourth-order valence-electron chi connectivity index (χ4n) is 1.85. The first-order chi connectivity index (χ1) is 10.8. The van der Waals surface area contributed by atoms with Crippen molar-refractivity contribution in [2.24, 2.45) is 0 Å². The van der Waals surface area contributed by atoms with E-state index in [9.17, 15) is 13.2 Å². The van der Waals surface area contributed by atoms with Crippen molar-refractivity contribution in [1.29, 1.82) is 0 Å². The van der Waals surface area contributed by atoms with E-state index in [1.54, 1.807) is 12.1 Å². The quantitative estimate of drug-likeness (QED) is 0.759. The van der Waals surface area contributed by atoms with Gasteiger partial charge in [0.25, 0.3) is 15.9 Å². The molecule has 0 unspecified atom stereocenters. The molecule has 0 spiro atoms. The molecule has 0 saturated carbocycles. The normalized spacial score (nSPS) is 11.3. The topological polar surface area (TPSA) is 111 Å². The average molecular weight is 339 g/mol. The molecule has 0 aliphatic rings. The van der Waals surface area contributed by atoms with Crippen molar-refractivity contribution in [2.75, 3.05) is 6.61 Å². The van der Waals surface area contributed by atoms with Gasteiger partial charge in [-0.15, -0.1) is 4.83 Å². The van der Waals surface area contributed by atoms with Gasteiger partial charge in [-0.25, -0.2) is 8.42 Å². The summed E-state index contributed by atoms with van der Waals surface area (Å²) in [7, 11) is -3.96. The smallest absolute Gasteiger partial charge is 0.272 e. The van der Waals surface area contributed by atoms with E-state index in [2.05, 4.69) is 10.6 Å². The van der Waals surface area contributed by atoms with Crippen LogP contribution in [0.2, 0.25) is 0 Å². The maximum atomic E-state index is 12.1. The molecular weight excluding hydrogens is 322 g/mol. The molecule has 0 radical (unpaired) electrons. The van der Waals surface area contributed by atoms with Crippen LogP contribution < -0.4 is 15.0 Å². The third-order valence-electron chi connectivity index (χ3n) is 2.95. The van der Waals surface area contributed by atoms with Crippen molar-refractivity contribution >= 4 is 15.9 Å². The Balaban J connectivity index is 1.90. The molecule has 0 aliphatic heterocycles. The van der Waals surface area contributed by atoms with Crippen molar-refractivity contribution in [2.45, 2.75) is 25.7 Å². The molecule has 124 valence electrons. The van der Waals surface area contributed by atoms with Gasteiger partial charge in [0, 0.05) is 0 Å². The number of ether oxygens (including phenoxy) is 1. The van der Waals surface area contributed by atoms with Crippen LogP contribution >= 0.6 is 0 Å². The second kappa shape index (κ2) is 6.80. The monoisotopic (exact) mass is 339 g/mol. The van der Waals surface area contributed by atoms with Gasteiger partial charge in [-0.1, -0.05) is 22.9 Å². The summed E-state index contributed by atoms with van der Waals surface area (Å²) in [5, 5.41) is 3.56. The van der Waals surface area contributed by atoms with E-state index in [4.69, 9.17) is 9.26 Å². The van der Waals surface area contributed by atoms with Crippen molar-refractivity contribution in [3.05, 3.63) is 41.3 Å². The molecule has 1 aromatic carbocycles. The number of hydrazine groups is 1. The summed E-state index contributed by atoms with van der Waals surface area (Å²) in [5.41, 5.74) is 3.35. The highest BCUT2D eigenvalue weighted by Crippen LogP contribution is 2.17. The van der Waals surface area contributed by atoms with Crippen LogP contribution in [0.4, 0.5) is 0 Å². The maximum Gasteiger partial charge on any atom is 0.272 e. The van der Waals surface area contributed by atoms with E-state index in [1.807, 2.05) is 23.9 Å². The molecule has 1 aromatic heterocycles. The summed E-state index contributed by atoms with van der Waals surface area (Å²) >= 11 is 0. The number of benzene rings is 1. The molecule has 0 atom stereocenters. The lowest BCUT2D eigenvalue weighted by molar-refractivity contribution is -0.123. The van der Waals surface area contributed by atoms with Crippen LogP contribution in [0.3, 0.4) is 0 Å². The van der Waals surface area contributed by atoms with Gasteiger partial charge < -0.3 is 9.26 Å². The molecule has 0 aliphatic carbocycles. The second-order valence-electron chi connectivity index (χ2n) is 4.91. The fraction of sp³-hybridized carbons (Fsp3) is 0.286. The Kier molecular flexibility index (Phi) is 5.02. The van der Waals surface area contributed by atoms with Crippen LogP contribution in [-0.2, 0) is 14.8 Å². The van der Waals surface area contributed by atoms with Crippen LogP contribution in [0.5, 0.6) is 5.75 Å². The molecule has 0 saturated heterocycles. The number of sulfonamides is 1. The minimum Gasteiger partial charge on any atom is -0.484 e. The van der Waals surface area contributed by atoms with Gasteiger partial charge in [-0.05, 0) is 32.9 Å². The summed E-state index contributed by atoms with van der Waals surface area (Å²) in [5.74, 6) is 0.0143. The van der Waals surface area contributed by atoms with Gasteiger partial charge in [0.1, 0.15) is 16.3 Å². The lowest BCUT2D eigenvalue weighted by atomic mass is 10.2. The van der Waals surface area contributed by atoms with Gasteiger partial charge in [-0.3, -0.25) is 10.2 Å². The van der Waals surface area contributed by atoms with Crippen LogP contribution in [0, 0.1) is 20.8 Å². The van der Waals surface area contributed by atoms with E-state index >= 15 is 0 Å². The van der Waals surface area contributed by atoms with Gasteiger partial charge in [0.05, 0.1) is 0 Å². The molecule has 2 N–H and O–H groups in total. The standard InChI is InChI=1S/C14H17N3O5S/c1-9-4-6-12(7-5-9)21-8-13(18)15-17-23(19,20)14-10(2)16-22-11(14)3/h4-7,17H,8H2,1-3H3,(H,15,18). The number of aromatic nitrogens is 1. The Morgan fingerprint density at radius 2 is 1.87 bits per heavy atom. The van der Waals surface area contributed by atoms with E-state index < -0.39 is 15.9 Å². The SMILES string of the molecule is Cc1ccc(OCC(=O)NNS(=O)(=O)c2c(C)noc2C)cc1. The Labute approximate surface area is 133 Å². The molecule has 2 rings (SSSR count). The Bertz CT molecular complexity index is 777. The molecule has 0 fully saturated rings. The zero-order valence-corrected chi connectivity index (χ0v) is 13.7. The zero-order chi connectivity index (χ0) is 17.0. The fourth-order valence-corrected chi connectivity index (χ4v) is 3.05.